The summed E-state index contributed by atoms with van der Waals surface area (Å²) in [6, 6.07) is 16.4. The van der Waals surface area contributed by atoms with E-state index in [1.807, 2.05) is 42.5 Å². The van der Waals surface area contributed by atoms with Crippen LogP contribution in [0.2, 0.25) is 0 Å². The average Bonchev–Trinajstić information content (AvgIpc) is 3.03. The van der Waals surface area contributed by atoms with Crippen molar-refractivity contribution in [2.75, 3.05) is 7.11 Å². The Balaban J connectivity index is 2.22. The highest BCUT2D eigenvalue weighted by Crippen LogP contribution is 2.34. The van der Waals surface area contributed by atoms with Crippen molar-refractivity contribution in [3.8, 4) is 11.1 Å². The third-order valence-electron chi connectivity index (χ3n) is 4.02. The fourth-order valence-corrected chi connectivity index (χ4v) is 2.97. The largest absolute Gasteiger partial charge is 0.464 e. The van der Waals surface area contributed by atoms with Gasteiger partial charge >= 0.3 is 11.6 Å². The van der Waals surface area contributed by atoms with Crippen LogP contribution in [0, 0.1) is 0 Å². The van der Waals surface area contributed by atoms with Gasteiger partial charge < -0.3 is 14.1 Å². The topological polar surface area (TPSA) is 72.3 Å². The number of ether oxygens (including phenoxy) is 1. The van der Waals surface area contributed by atoms with Crippen molar-refractivity contribution >= 4 is 27.8 Å². The zero-order valence-electron chi connectivity index (χ0n) is 12.8. The monoisotopic (exact) mass is 319 g/mol. The lowest BCUT2D eigenvalue weighted by Crippen LogP contribution is -2.04. The van der Waals surface area contributed by atoms with Gasteiger partial charge in [0, 0.05) is 10.9 Å². The summed E-state index contributed by atoms with van der Waals surface area (Å²) in [5.74, 6) is -0.534. The molecule has 0 saturated heterocycles. The van der Waals surface area contributed by atoms with Gasteiger partial charge in [-0.2, -0.15) is 0 Å². The number of aromatic amines is 1. The summed E-state index contributed by atoms with van der Waals surface area (Å²) >= 11 is 0. The number of methoxy groups -OCH3 is 1. The Kier molecular flexibility index (Phi) is 3.20. The lowest BCUT2D eigenvalue weighted by atomic mass is 10.0. The summed E-state index contributed by atoms with van der Waals surface area (Å²) in [5.41, 5.74) is 2.02. The Morgan fingerprint density at radius 1 is 1.04 bits per heavy atom. The molecule has 0 bridgehead atoms. The first-order valence-electron chi connectivity index (χ1n) is 7.42. The number of hydrogen-bond donors (Lipinski definition) is 1. The summed E-state index contributed by atoms with van der Waals surface area (Å²) in [7, 11) is 1.31. The number of aromatic nitrogens is 1. The Morgan fingerprint density at radius 3 is 2.50 bits per heavy atom. The normalized spacial score (nSPS) is 11.0. The Morgan fingerprint density at radius 2 is 1.75 bits per heavy atom. The Bertz CT molecular complexity index is 1120. The van der Waals surface area contributed by atoms with Crippen molar-refractivity contribution in [1.29, 1.82) is 0 Å². The van der Waals surface area contributed by atoms with Crippen molar-refractivity contribution in [2.24, 2.45) is 0 Å². The predicted octanol–water partition coefficient (Wildman–Crippen LogP) is 3.73. The first-order chi connectivity index (χ1) is 11.7. The summed E-state index contributed by atoms with van der Waals surface area (Å²) in [4.78, 5) is 27.9. The van der Waals surface area contributed by atoms with Crippen molar-refractivity contribution in [3.05, 3.63) is 70.7 Å². The molecule has 5 nitrogen and oxygen atoms in total. The molecule has 4 rings (SSSR count). The van der Waals surface area contributed by atoms with Crippen LogP contribution in [0.25, 0.3) is 33.0 Å². The molecular weight excluding hydrogens is 306 g/mol. The van der Waals surface area contributed by atoms with Crippen LogP contribution in [0.3, 0.4) is 0 Å². The van der Waals surface area contributed by atoms with Gasteiger partial charge in [0.05, 0.1) is 18.0 Å². The van der Waals surface area contributed by atoms with Gasteiger partial charge in [-0.05, 0) is 17.7 Å². The number of nitrogens with one attached hydrogen (secondary N) is 1. The van der Waals surface area contributed by atoms with Gasteiger partial charge in [0.15, 0.2) is 0 Å². The van der Waals surface area contributed by atoms with E-state index >= 15 is 0 Å². The van der Waals surface area contributed by atoms with Gasteiger partial charge in [-0.3, -0.25) is 0 Å². The van der Waals surface area contributed by atoms with E-state index in [0.29, 0.717) is 22.0 Å². The number of carbonyl (C=O) groups excluding carboxylic acids is 1. The van der Waals surface area contributed by atoms with Crippen LogP contribution < -0.4 is 5.63 Å². The van der Waals surface area contributed by atoms with Crippen LogP contribution in [0.5, 0.6) is 0 Å². The second-order valence-electron chi connectivity index (χ2n) is 5.37. The highest BCUT2D eigenvalue weighted by molar-refractivity contribution is 6.14. The summed E-state index contributed by atoms with van der Waals surface area (Å²) < 4.78 is 10.3. The molecule has 0 saturated carbocycles. The third kappa shape index (κ3) is 2.02. The van der Waals surface area contributed by atoms with E-state index in [4.69, 9.17) is 9.15 Å². The molecule has 0 radical (unpaired) electrons. The zero-order valence-corrected chi connectivity index (χ0v) is 12.8. The fourth-order valence-electron chi connectivity index (χ4n) is 2.97. The van der Waals surface area contributed by atoms with Crippen molar-refractivity contribution < 1.29 is 13.9 Å². The van der Waals surface area contributed by atoms with Gasteiger partial charge in [0.2, 0.25) is 0 Å². The van der Waals surface area contributed by atoms with Gasteiger partial charge in [0.1, 0.15) is 11.3 Å². The number of rotatable bonds is 2. The molecule has 1 N–H and O–H groups in total. The first kappa shape index (κ1) is 14.3. The van der Waals surface area contributed by atoms with Gasteiger partial charge in [-0.15, -0.1) is 0 Å². The molecule has 5 heteroatoms. The van der Waals surface area contributed by atoms with Gasteiger partial charge in [-0.1, -0.05) is 42.5 Å². The van der Waals surface area contributed by atoms with Gasteiger partial charge in [0.25, 0.3) is 0 Å². The molecule has 0 spiro atoms. The van der Waals surface area contributed by atoms with Crippen LogP contribution in [0.15, 0.2) is 63.8 Å². The minimum Gasteiger partial charge on any atom is -0.464 e. The lowest BCUT2D eigenvalue weighted by Gasteiger charge is -2.03. The van der Waals surface area contributed by atoms with Crippen molar-refractivity contribution in [3.63, 3.8) is 0 Å². The molecule has 2 aromatic heterocycles. The van der Waals surface area contributed by atoms with E-state index in [1.165, 1.54) is 7.11 Å². The molecule has 0 fully saturated rings. The van der Waals surface area contributed by atoms with Crippen molar-refractivity contribution in [2.45, 2.75) is 0 Å². The van der Waals surface area contributed by atoms with E-state index in [-0.39, 0.29) is 5.69 Å². The molecule has 4 aromatic rings. The van der Waals surface area contributed by atoms with E-state index in [9.17, 15) is 9.59 Å². The maximum absolute atomic E-state index is 12.6. The molecule has 0 aliphatic heterocycles. The lowest BCUT2D eigenvalue weighted by molar-refractivity contribution is 0.0596. The standard InChI is InChI=1S/C19H13NO4/c1-23-19(22)17-14(11-7-3-2-4-8-11)15-16(20-17)12-9-5-6-10-13(12)24-18(15)21/h2-10,20H,1H3. The molecular formula is C19H13NO4. The van der Waals surface area contributed by atoms with Crippen LogP contribution in [-0.2, 0) is 4.74 Å². The minimum atomic E-state index is -0.534. The van der Waals surface area contributed by atoms with E-state index in [2.05, 4.69) is 4.98 Å². The first-order valence-corrected chi connectivity index (χ1v) is 7.42. The maximum Gasteiger partial charge on any atom is 0.355 e. The number of carbonyl (C=O) groups is 1. The van der Waals surface area contributed by atoms with E-state index in [1.54, 1.807) is 12.1 Å². The number of hydrogen-bond acceptors (Lipinski definition) is 4. The minimum absolute atomic E-state index is 0.238. The number of para-hydroxylation sites is 1. The fraction of sp³-hybridized carbons (Fsp3) is 0.0526. The molecule has 0 atom stereocenters. The predicted molar refractivity (Wildman–Crippen MR) is 91.1 cm³/mol. The Labute approximate surface area is 136 Å². The second kappa shape index (κ2) is 5.38. The van der Waals surface area contributed by atoms with Crippen LogP contribution >= 0.6 is 0 Å². The third-order valence-corrected chi connectivity index (χ3v) is 4.02. The average molecular weight is 319 g/mol. The van der Waals surface area contributed by atoms with Crippen LogP contribution in [0.4, 0.5) is 0 Å². The number of esters is 1. The number of fused-ring (bicyclic) bond motifs is 3. The highest BCUT2D eigenvalue weighted by Gasteiger charge is 2.24. The summed E-state index contributed by atoms with van der Waals surface area (Å²) in [6.45, 7) is 0. The molecule has 0 aliphatic carbocycles. The SMILES string of the molecule is COC(=O)c1[nH]c2c(c1-c1ccccc1)c(=O)oc1ccccc12. The van der Waals surface area contributed by atoms with Crippen LogP contribution in [-0.4, -0.2) is 18.1 Å². The number of benzene rings is 2. The van der Waals surface area contributed by atoms with Crippen LogP contribution in [0.1, 0.15) is 10.5 Å². The molecule has 2 heterocycles. The van der Waals surface area contributed by atoms with E-state index < -0.39 is 11.6 Å². The molecule has 2 aromatic carbocycles. The molecule has 24 heavy (non-hydrogen) atoms. The van der Waals surface area contributed by atoms with Gasteiger partial charge in [-0.25, -0.2) is 9.59 Å². The highest BCUT2D eigenvalue weighted by atomic mass is 16.5. The number of H-pyrrole nitrogens is 1. The molecule has 118 valence electrons. The summed E-state index contributed by atoms with van der Waals surface area (Å²) in [5, 5.41) is 1.08. The maximum atomic E-state index is 12.6. The Hall–Kier alpha value is -3.34. The van der Waals surface area contributed by atoms with E-state index in [0.717, 1.165) is 10.9 Å². The summed E-state index contributed by atoms with van der Waals surface area (Å²) in [6.07, 6.45) is 0. The second-order valence-corrected chi connectivity index (χ2v) is 5.37. The molecule has 0 unspecified atom stereocenters. The molecule has 0 aliphatic rings. The molecule has 0 amide bonds. The zero-order chi connectivity index (χ0) is 16.7. The smallest absolute Gasteiger partial charge is 0.355 e. The van der Waals surface area contributed by atoms with Crippen molar-refractivity contribution in [1.82, 2.24) is 4.98 Å². The quantitative estimate of drug-likeness (QED) is 0.451.